The van der Waals surface area contributed by atoms with Gasteiger partial charge in [0.15, 0.2) is 0 Å². The summed E-state index contributed by atoms with van der Waals surface area (Å²) in [4.78, 5) is 12.6. The molecule has 158 valence electrons. The van der Waals surface area contributed by atoms with Gasteiger partial charge in [0.2, 0.25) is 15.9 Å². The van der Waals surface area contributed by atoms with E-state index in [9.17, 15) is 13.2 Å². The first-order chi connectivity index (χ1) is 13.6. The predicted molar refractivity (Wildman–Crippen MR) is 113 cm³/mol. The van der Waals surface area contributed by atoms with Crippen LogP contribution in [0.15, 0.2) is 47.4 Å². The van der Waals surface area contributed by atoms with Crippen molar-refractivity contribution in [1.29, 1.82) is 0 Å². The number of benzene rings is 2. The zero-order valence-corrected chi connectivity index (χ0v) is 18.2. The van der Waals surface area contributed by atoms with Gasteiger partial charge < -0.3 is 14.8 Å². The smallest absolute Gasteiger partial charge is 0.242 e. The number of rotatable bonds is 9. The number of carbonyl (C=O) groups excluding carboxylic acids is 1. The molecule has 29 heavy (non-hydrogen) atoms. The summed E-state index contributed by atoms with van der Waals surface area (Å²) in [5.74, 6) is 1.04. The van der Waals surface area contributed by atoms with Gasteiger partial charge in [-0.1, -0.05) is 6.07 Å². The molecule has 0 heterocycles. The van der Waals surface area contributed by atoms with Gasteiger partial charge in [-0.25, -0.2) is 12.7 Å². The molecule has 2 rings (SSSR count). The van der Waals surface area contributed by atoms with Gasteiger partial charge in [-0.2, -0.15) is 0 Å². The van der Waals surface area contributed by atoms with Crippen molar-refractivity contribution < 1.29 is 22.7 Å². The Morgan fingerprint density at radius 3 is 2.48 bits per heavy atom. The maximum atomic E-state index is 12.4. The Morgan fingerprint density at radius 1 is 1.14 bits per heavy atom. The number of ether oxygens (including phenoxy) is 2. The number of amides is 1. The van der Waals surface area contributed by atoms with E-state index in [4.69, 9.17) is 9.47 Å². The van der Waals surface area contributed by atoms with Crippen molar-refractivity contribution in [3.8, 4) is 11.5 Å². The summed E-state index contributed by atoms with van der Waals surface area (Å²) in [6.45, 7) is 3.87. The molecule has 0 radical (unpaired) electrons. The van der Waals surface area contributed by atoms with Crippen LogP contribution >= 0.6 is 0 Å². The van der Waals surface area contributed by atoms with Gasteiger partial charge in [0, 0.05) is 32.3 Å². The molecular weight excluding hydrogens is 392 g/mol. The highest BCUT2D eigenvalue weighted by Gasteiger charge is 2.19. The van der Waals surface area contributed by atoms with Crippen molar-refractivity contribution in [2.45, 2.75) is 37.7 Å². The standard InChI is InChI=1S/C21H28N2O5S/c1-15(2)28-18-8-6-7-17(14-18)22-21(24)12-9-16-13-19(10-11-20(16)27-5)29(25,26)23(3)4/h6-8,10-11,13-15H,9,12H2,1-5H3,(H,22,24). The van der Waals surface area contributed by atoms with E-state index >= 15 is 0 Å². The van der Waals surface area contributed by atoms with E-state index in [1.165, 1.54) is 27.3 Å². The maximum Gasteiger partial charge on any atom is 0.242 e. The summed E-state index contributed by atoms with van der Waals surface area (Å²) in [6, 6.07) is 11.9. The minimum atomic E-state index is -3.56. The topological polar surface area (TPSA) is 84.9 Å². The lowest BCUT2D eigenvalue weighted by atomic mass is 10.1. The number of nitrogens with zero attached hydrogens (tertiary/aromatic N) is 1. The second-order valence-electron chi connectivity index (χ2n) is 7.00. The molecule has 0 aliphatic heterocycles. The first-order valence-electron chi connectivity index (χ1n) is 9.29. The molecule has 2 aromatic rings. The fourth-order valence-electron chi connectivity index (χ4n) is 2.71. The fraction of sp³-hybridized carbons (Fsp3) is 0.381. The second kappa shape index (κ2) is 9.76. The van der Waals surface area contributed by atoms with Crippen molar-refractivity contribution in [2.24, 2.45) is 0 Å². The lowest BCUT2D eigenvalue weighted by Crippen LogP contribution is -2.22. The summed E-state index contributed by atoms with van der Waals surface area (Å²) >= 11 is 0. The highest BCUT2D eigenvalue weighted by molar-refractivity contribution is 7.89. The van der Waals surface area contributed by atoms with Crippen LogP contribution in [0.25, 0.3) is 0 Å². The minimum Gasteiger partial charge on any atom is -0.496 e. The van der Waals surface area contributed by atoms with E-state index in [1.54, 1.807) is 24.3 Å². The fourth-order valence-corrected chi connectivity index (χ4v) is 3.67. The van der Waals surface area contributed by atoms with E-state index < -0.39 is 10.0 Å². The molecule has 0 saturated heterocycles. The lowest BCUT2D eigenvalue weighted by molar-refractivity contribution is -0.116. The first-order valence-corrected chi connectivity index (χ1v) is 10.7. The number of sulfonamides is 1. The highest BCUT2D eigenvalue weighted by Crippen LogP contribution is 2.25. The van der Waals surface area contributed by atoms with Gasteiger partial charge in [0.05, 0.1) is 18.1 Å². The number of carbonyl (C=O) groups is 1. The molecule has 0 aromatic heterocycles. The largest absolute Gasteiger partial charge is 0.496 e. The Bertz CT molecular complexity index is 955. The Kier molecular flexibility index (Phi) is 7.64. The van der Waals surface area contributed by atoms with Crippen LogP contribution in [0.3, 0.4) is 0 Å². The Labute approximate surface area is 172 Å². The second-order valence-corrected chi connectivity index (χ2v) is 9.16. The molecule has 0 atom stereocenters. The summed E-state index contributed by atoms with van der Waals surface area (Å²) in [6.07, 6.45) is 0.560. The number of methoxy groups -OCH3 is 1. The molecule has 0 unspecified atom stereocenters. The zero-order chi connectivity index (χ0) is 21.6. The SMILES string of the molecule is COc1ccc(S(=O)(=O)N(C)C)cc1CCC(=O)Nc1cccc(OC(C)C)c1. The van der Waals surface area contributed by atoms with Gasteiger partial charge in [0.1, 0.15) is 11.5 Å². The Hall–Kier alpha value is -2.58. The number of nitrogens with one attached hydrogen (secondary N) is 1. The van der Waals surface area contributed by atoms with E-state index in [0.717, 1.165) is 4.31 Å². The van der Waals surface area contributed by atoms with Crippen LogP contribution in [0.1, 0.15) is 25.8 Å². The normalized spacial score (nSPS) is 11.6. The molecular formula is C21H28N2O5S. The van der Waals surface area contributed by atoms with Gasteiger partial charge >= 0.3 is 0 Å². The lowest BCUT2D eigenvalue weighted by Gasteiger charge is -2.15. The molecule has 0 fully saturated rings. The summed E-state index contributed by atoms with van der Waals surface area (Å²) < 4.78 is 36.8. The number of hydrogen-bond donors (Lipinski definition) is 1. The number of hydrogen-bond acceptors (Lipinski definition) is 5. The maximum absolute atomic E-state index is 12.4. The van der Waals surface area contributed by atoms with Crippen molar-refractivity contribution in [3.63, 3.8) is 0 Å². The van der Waals surface area contributed by atoms with Crippen LogP contribution in [0.5, 0.6) is 11.5 Å². The average molecular weight is 421 g/mol. The van der Waals surface area contributed by atoms with Crippen LogP contribution in [-0.2, 0) is 21.2 Å². The molecule has 0 bridgehead atoms. The van der Waals surface area contributed by atoms with Crippen LogP contribution in [0, 0.1) is 0 Å². The molecule has 2 aromatic carbocycles. The van der Waals surface area contributed by atoms with Gasteiger partial charge in [-0.05, 0) is 56.2 Å². The summed E-state index contributed by atoms with van der Waals surface area (Å²) in [5.41, 5.74) is 1.30. The van der Waals surface area contributed by atoms with Gasteiger partial charge in [-0.15, -0.1) is 0 Å². The van der Waals surface area contributed by atoms with Crippen molar-refractivity contribution >= 4 is 21.6 Å². The first kappa shape index (κ1) is 22.7. The van der Waals surface area contributed by atoms with Crippen molar-refractivity contribution in [1.82, 2.24) is 4.31 Å². The van der Waals surface area contributed by atoms with Crippen LogP contribution in [0.2, 0.25) is 0 Å². The van der Waals surface area contributed by atoms with E-state index in [0.29, 0.717) is 29.2 Å². The molecule has 0 spiro atoms. The van der Waals surface area contributed by atoms with E-state index in [-0.39, 0.29) is 23.3 Å². The summed E-state index contributed by atoms with van der Waals surface area (Å²) in [7, 11) is 0.902. The molecule has 1 amide bonds. The van der Waals surface area contributed by atoms with Crippen molar-refractivity contribution in [3.05, 3.63) is 48.0 Å². The Morgan fingerprint density at radius 2 is 1.86 bits per heavy atom. The van der Waals surface area contributed by atoms with E-state index in [1.807, 2.05) is 26.0 Å². The van der Waals surface area contributed by atoms with Crippen LogP contribution < -0.4 is 14.8 Å². The molecule has 1 N–H and O–H groups in total. The zero-order valence-electron chi connectivity index (χ0n) is 17.4. The predicted octanol–water partition coefficient (Wildman–Crippen LogP) is 3.30. The number of anilines is 1. The van der Waals surface area contributed by atoms with Crippen LogP contribution in [-0.4, -0.2) is 45.9 Å². The molecule has 7 nitrogen and oxygen atoms in total. The molecule has 0 aliphatic carbocycles. The third kappa shape index (κ3) is 6.20. The molecule has 0 aliphatic rings. The highest BCUT2D eigenvalue weighted by atomic mass is 32.2. The Balaban J connectivity index is 2.10. The molecule has 8 heteroatoms. The number of aryl methyl sites for hydroxylation is 1. The summed E-state index contributed by atoms with van der Waals surface area (Å²) in [5, 5.41) is 2.84. The monoisotopic (exact) mass is 420 g/mol. The third-order valence-electron chi connectivity index (χ3n) is 4.14. The van der Waals surface area contributed by atoms with Gasteiger partial charge in [0.25, 0.3) is 0 Å². The quantitative estimate of drug-likeness (QED) is 0.673. The minimum absolute atomic E-state index is 0.0409. The van der Waals surface area contributed by atoms with Crippen molar-refractivity contribution in [2.75, 3.05) is 26.5 Å². The van der Waals surface area contributed by atoms with E-state index in [2.05, 4.69) is 5.32 Å². The average Bonchev–Trinajstić information content (AvgIpc) is 2.65. The third-order valence-corrected chi connectivity index (χ3v) is 5.95. The molecule has 0 saturated carbocycles. The van der Waals surface area contributed by atoms with Crippen LogP contribution in [0.4, 0.5) is 5.69 Å². The van der Waals surface area contributed by atoms with Gasteiger partial charge in [-0.3, -0.25) is 4.79 Å².